The molecule has 6 heteroatoms. The lowest BCUT2D eigenvalue weighted by atomic mass is 10.2. The molecule has 0 aliphatic heterocycles. The van der Waals surface area contributed by atoms with Gasteiger partial charge in [-0.05, 0) is 36.8 Å². The van der Waals surface area contributed by atoms with Crippen LogP contribution in [0.2, 0.25) is 0 Å². The van der Waals surface area contributed by atoms with E-state index >= 15 is 0 Å². The summed E-state index contributed by atoms with van der Waals surface area (Å²) in [7, 11) is 1.54. The van der Waals surface area contributed by atoms with Crippen molar-refractivity contribution in [1.82, 2.24) is 0 Å². The molecule has 0 saturated heterocycles. The Morgan fingerprint density at radius 3 is 2.71 bits per heavy atom. The lowest BCUT2D eigenvalue weighted by Crippen LogP contribution is -2.13. The van der Waals surface area contributed by atoms with E-state index in [9.17, 15) is 4.79 Å². The highest BCUT2D eigenvalue weighted by Gasteiger charge is 2.12. The average Bonchev–Trinajstić information content (AvgIpc) is 2.96. The summed E-state index contributed by atoms with van der Waals surface area (Å²) in [6, 6.07) is 9.00. The summed E-state index contributed by atoms with van der Waals surface area (Å²) in [6.45, 7) is 2.06. The molecule has 1 aromatic carbocycles. The van der Waals surface area contributed by atoms with Crippen molar-refractivity contribution in [3.63, 3.8) is 0 Å². The number of carbonyl (C=O) groups is 1. The summed E-state index contributed by atoms with van der Waals surface area (Å²) >= 11 is 6.42. The predicted octanol–water partition coefficient (Wildman–Crippen LogP) is 3.21. The third-order valence-corrected chi connectivity index (χ3v) is 4.43. The first-order chi connectivity index (χ1) is 10.0. The lowest BCUT2D eigenvalue weighted by Gasteiger charge is -2.11. The second-order valence-electron chi connectivity index (χ2n) is 4.35. The standard InChI is InChI=1S/C15H16N2O2S2/c1-3-10-5-7-13(21-10)15(18)17-11-6-4-9(14(16)20)8-12(11)19-2/h4-8H,3H2,1-2H3,(H2,16,20)(H,17,18). The van der Waals surface area contributed by atoms with Crippen molar-refractivity contribution in [1.29, 1.82) is 0 Å². The van der Waals surface area contributed by atoms with E-state index in [1.807, 2.05) is 12.1 Å². The first-order valence-corrected chi connectivity index (χ1v) is 7.65. The second kappa shape index (κ2) is 6.69. The molecular weight excluding hydrogens is 304 g/mol. The van der Waals surface area contributed by atoms with Gasteiger partial charge in [0, 0.05) is 10.4 Å². The number of nitrogens with two attached hydrogens (primary N) is 1. The highest BCUT2D eigenvalue weighted by molar-refractivity contribution is 7.80. The Morgan fingerprint density at radius 2 is 2.14 bits per heavy atom. The first-order valence-electron chi connectivity index (χ1n) is 6.43. The maximum absolute atomic E-state index is 12.2. The monoisotopic (exact) mass is 320 g/mol. The number of amides is 1. The van der Waals surface area contributed by atoms with Crippen LogP contribution in [0.4, 0.5) is 5.69 Å². The number of rotatable bonds is 5. The summed E-state index contributed by atoms with van der Waals surface area (Å²) in [5.41, 5.74) is 6.88. The third-order valence-electron chi connectivity index (χ3n) is 2.97. The lowest BCUT2D eigenvalue weighted by molar-refractivity contribution is 0.103. The van der Waals surface area contributed by atoms with Crippen LogP contribution in [0.5, 0.6) is 5.75 Å². The topological polar surface area (TPSA) is 64.4 Å². The Kier molecular flexibility index (Phi) is 4.93. The summed E-state index contributed by atoms with van der Waals surface area (Å²) in [5, 5.41) is 2.84. The molecule has 0 spiro atoms. The van der Waals surface area contributed by atoms with Gasteiger partial charge in [-0.3, -0.25) is 4.79 Å². The Morgan fingerprint density at radius 1 is 1.38 bits per heavy atom. The third kappa shape index (κ3) is 3.59. The van der Waals surface area contributed by atoms with Crippen LogP contribution >= 0.6 is 23.6 Å². The average molecular weight is 320 g/mol. The molecule has 110 valence electrons. The van der Waals surface area contributed by atoms with Gasteiger partial charge in [0.2, 0.25) is 0 Å². The summed E-state index contributed by atoms with van der Waals surface area (Å²) in [6.07, 6.45) is 0.921. The molecule has 0 atom stereocenters. The molecule has 0 aliphatic rings. The molecule has 0 bridgehead atoms. The van der Waals surface area contributed by atoms with Gasteiger partial charge in [-0.25, -0.2) is 0 Å². The van der Waals surface area contributed by atoms with E-state index in [1.165, 1.54) is 23.3 Å². The normalized spacial score (nSPS) is 10.2. The van der Waals surface area contributed by atoms with Crippen molar-refractivity contribution in [2.75, 3.05) is 12.4 Å². The van der Waals surface area contributed by atoms with Gasteiger partial charge in [-0.2, -0.15) is 0 Å². The Labute approximate surface area is 132 Å². The van der Waals surface area contributed by atoms with Gasteiger partial charge in [-0.15, -0.1) is 11.3 Å². The van der Waals surface area contributed by atoms with Crippen LogP contribution in [0.1, 0.15) is 27.0 Å². The van der Waals surface area contributed by atoms with E-state index < -0.39 is 0 Å². The van der Waals surface area contributed by atoms with Crippen molar-refractivity contribution in [2.24, 2.45) is 5.73 Å². The van der Waals surface area contributed by atoms with E-state index in [4.69, 9.17) is 22.7 Å². The van der Waals surface area contributed by atoms with Crippen LogP contribution in [0.3, 0.4) is 0 Å². The number of hydrogen-bond donors (Lipinski definition) is 2. The number of carbonyl (C=O) groups excluding carboxylic acids is 1. The van der Waals surface area contributed by atoms with Crippen molar-refractivity contribution in [2.45, 2.75) is 13.3 Å². The zero-order valence-electron chi connectivity index (χ0n) is 11.8. The van der Waals surface area contributed by atoms with Crippen LogP contribution in [0.25, 0.3) is 0 Å². The van der Waals surface area contributed by atoms with E-state index in [2.05, 4.69) is 12.2 Å². The number of methoxy groups -OCH3 is 1. The molecule has 2 rings (SSSR count). The zero-order chi connectivity index (χ0) is 15.4. The molecule has 1 heterocycles. The van der Waals surface area contributed by atoms with Gasteiger partial charge in [0.15, 0.2) is 0 Å². The zero-order valence-corrected chi connectivity index (χ0v) is 13.4. The molecule has 0 fully saturated rings. The molecule has 0 unspecified atom stereocenters. The number of thiocarbonyl (C=S) groups is 1. The van der Waals surface area contributed by atoms with Crippen molar-refractivity contribution < 1.29 is 9.53 Å². The minimum atomic E-state index is -0.152. The molecule has 2 aromatic rings. The number of ether oxygens (including phenoxy) is 1. The maximum Gasteiger partial charge on any atom is 0.265 e. The van der Waals surface area contributed by atoms with Gasteiger partial charge in [0.1, 0.15) is 10.7 Å². The largest absolute Gasteiger partial charge is 0.495 e. The fourth-order valence-electron chi connectivity index (χ4n) is 1.82. The number of aryl methyl sites for hydroxylation is 1. The first kappa shape index (κ1) is 15.5. The van der Waals surface area contributed by atoms with Crippen molar-refractivity contribution in [3.05, 3.63) is 45.6 Å². The molecule has 1 aromatic heterocycles. The SMILES string of the molecule is CCc1ccc(C(=O)Nc2ccc(C(N)=S)cc2OC)s1. The fraction of sp³-hybridized carbons (Fsp3) is 0.200. The van der Waals surface area contributed by atoms with Crippen molar-refractivity contribution >= 4 is 40.1 Å². The second-order valence-corrected chi connectivity index (χ2v) is 5.96. The van der Waals surface area contributed by atoms with Crippen LogP contribution in [0, 0.1) is 0 Å². The molecule has 21 heavy (non-hydrogen) atoms. The summed E-state index contributed by atoms with van der Waals surface area (Å²) in [5.74, 6) is 0.377. The molecular formula is C15H16N2O2S2. The Bertz CT molecular complexity index is 680. The molecule has 1 amide bonds. The molecule has 0 saturated carbocycles. The number of hydrogen-bond acceptors (Lipinski definition) is 4. The smallest absolute Gasteiger partial charge is 0.265 e. The van der Waals surface area contributed by atoms with Crippen LogP contribution in [-0.2, 0) is 6.42 Å². The Balaban J connectivity index is 2.22. The fourth-order valence-corrected chi connectivity index (χ4v) is 2.79. The quantitative estimate of drug-likeness (QED) is 0.830. The summed E-state index contributed by atoms with van der Waals surface area (Å²) in [4.78, 5) is 14.4. The highest BCUT2D eigenvalue weighted by atomic mass is 32.1. The van der Waals surface area contributed by atoms with E-state index in [-0.39, 0.29) is 10.9 Å². The van der Waals surface area contributed by atoms with Gasteiger partial charge >= 0.3 is 0 Å². The molecule has 0 radical (unpaired) electrons. The molecule has 3 N–H and O–H groups in total. The van der Waals surface area contributed by atoms with E-state index in [0.717, 1.165) is 6.42 Å². The van der Waals surface area contributed by atoms with Gasteiger partial charge < -0.3 is 15.8 Å². The van der Waals surface area contributed by atoms with Crippen molar-refractivity contribution in [3.8, 4) is 5.75 Å². The minimum absolute atomic E-state index is 0.152. The predicted molar refractivity (Wildman–Crippen MR) is 90.5 cm³/mol. The number of nitrogens with one attached hydrogen (secondary N) is 1. The molecule has 4 nitrogen and oxygen atoms in total. The van der Waals surface area contributed by atoms with Gasteiger partial charge in [-0.1, -0.05) is 19.1 Å². The minimum Gasteiger partial charge on any atom is -0.495 e. The van der Waals surface area contributed by atoms with E-state index in [0.29, 0.717) is 21.9 Å². The maximum atomic E-state index is 12.2. The van der Waals surface area contributed by atoms with Crippen LogP contribution in [-0.4, -0.2) is 18.0 Å². The van der Waals surface area contributed by atoms with E-state index in [1.54, 1.807) is 18.2 Å². The number of anilines is 1. The van der Waals surface area contributed by atoms with Gasteiger partial charge in [0.05, 0.1) is 17.7 Å². The Hall–Kier alpha value is -1.92. The van der Waals surface area contributed by atoms with Gasteiger partial charge in [0.25, 0.3) is 5.91 Å². The van der Waals surface area contributed by atoms with Crippen LogP contribution < -0.4 is 15.8 Å². The molecule has 0 aliphatic carbocycles. The van der Waals surface area contributed by atoms with Crippen LogP contribution in [0.15, 0.2) is 30.3 Å². The number of thiophene rings is 1. The number of benzene rings is 1. The summed E-state index contributed by atoms with van der Waals surface area (Å²) < 4.78 is 5.27. The highest BCUT2D eigenvalue weighted by Crippen LogP contribution is 2.27.